The molecule has 7 heteroatoms. The molecule has 2 aromatic carbocycles. The fourth-order valence-electron chi connectivity index (χ4n) is 5.00. The Hall–Kier alpha value is -3.71. The van der Waals surface area contributed by atoms with Gasteiger partial charge in [0.05, 0.1) is 26.3 Å². The minimum Gasteiger partial charge on any atom is -0.497 e. The van der Waals surface area contributed by atoms with Crippen molar-refractivity contribution >= 4 is 27.0 Å². The zero-order valence-corrected chi connectivity index (χ0v) is 21.7. The third-order valence-corrected chi connectivity index (χ3v) is 7.27. The van der Waals surface area contributed by atoms with E-state index in [0.29, 0.717) is 6.54 Å². The summed E-state index contributed by atoms with van der Waals surface area (Å²) in [5.41, 5.74) is 9.36. The number of aryl methyl sites for hydroxylation is 1. The Morgan fingerprint density at radius 1 is 0.944 bits per heavy atom. The maximum atomic E-state index is 5.90. The van der Waals surface area contributed by atoms with Gasteiger partial charge < -0.3 is 9.47 Å². The molecule has 0 N–H and O–H groups in total. The lowest BCUT2D eigenvalue weighted by atomic mass is 9.99. The van der Waals surface area contributed by atoms with Crippen molar-refractivity contribution in [3.05, 3.63) is 88.2 Å². The Bertz CT molecular complexity index is 1560. The number of rotatable bonds is 6. The number of fused-ring (bicyclic) bond motifs is 2. The van der Waals surface area contributed by atoms with Gasteiger partial charge in [-0.3, -0.25) is 4.68 Å². The number of methoxy groups -OCH3 is 2. The molecule has 0 spiro atoms. The molecule has 6 nitrogen and oxygen atoms in total. The van der Waals surface area contributed by atoms with E-state index in [-0.39, 0.29) is 0 Å². The zero-order chi connectivity index (χ0) is 24.6. The third-order valence-electron chi connectivity index (χ3n) is 6.80. The van der Waals surface area contributed by atoms with E-state index in [2.05, 4.69) is 57.3 Å². The van der Waals surface area contributed by atoms with Gasteiger partial charge in [0.15, 0.2) is 0 Å². The summed E-state index contributed by atoms with van der Waals surface area (Å²) in [5, 5.41) is 5.02. The first kappa shape index (κ1) is 22.7. The van der Waals surface area contributed by atoms with Crippen LogP contribution in [0.4, 0.5) is 0 Å². The van der Waals surface area contributed by atoms with Gasteiger partial charge in [0.2, 0.25) is 0 Å². The number of aromatic nitrogens is 4. The summed E-state index contributed by atoms with van der Waals surface area (Å²) >= 11 is 3.44. The molecule has 0 amide bonds. The van der Waals surface area contributed by atoms with Crippen LogP contribution in [-0.4, -0.2) is 34.0 Å². The van der Waals surface area contributed by atoms with Crippen LogP contribution in [0.25, 0.3) is 33.5 Å². The van der Waals surface area contributed by atoms with E-state index in [1.54, 1.807) is 14.2 Å². The molecule has 0 fully saturated rings. The van der Waals surface area contributed by atoms with E-state index >= 15 is 0 Å². The lowest BCUT2D eigenvalue weighted by molar-refractivity contribution is 0.414. The summed E-state index contributed by atoms with van der Waals surface area (Å²) in [6.45, 7) is 0.593. The number of pyridine rings is 2. The second kappa shape index (κ2) is 9.39. The summed E-state index contributed by atoms with van der Waals surface area (Å²) in [6.07, 6.45) is 5.18. The van der Waals surface area contributed by atoms with Crippen LogP contribution >= 0.6 is 15.9 Å². The van der Waals surface area contributed by atoms with Crippen molar-refractivity contribution in [3.63, 3.8) is 0 Å². The Labute approximate surface area is 218 Å². The summed E-state index contributed by atoms with van der Waals surface area (Å²) in [4.78, 5) is 9.65. The zero-order valence-electron chi connectivity index (χ0n) is 20.2. The van der Waals surface area contributed by atoms with E-state index in [0.717, 1.165) is 68.1 Å². The lowest BCUT2D eigenvalue weighted by Crippen LogP contribution is -2.02. The number of halogens is 1. The highest BCUT2D eigenvalue weighted by molar-refractivity contribution is 9.10. The Morgan fingerprint density at radius 2 is 1.81 bits per heavy atom. The van der Waals surface area contributed by atoms with Gasteiger partial charge >= 0.3 is 0 Å². The van der Waals surface area contributed by atoms with E-state index < -0.39 is 0 Å². The average Bonchev–Trinajstić information content (AvgIpc) is 3.53. The smallest absolute Gasteiger partial charge is 0.147 e. The standard InChI is InChI=1S/C29H25BrN4O2/c1-35-21-12-9-18(10-13-21)17-34-24-15-25(36-2)28(23-8-4-6-19-5-3-7-22(19)23)32-29(24)27(33-34)20-11-14-26(30)31-16-20/h4,6,8-16H,3,5,7,17H2,1-2H3. The molecule has 180 valence electrons. The fraction of sp³-hybridized carbons (Fsp3) is 0.207. The molecular formula is C29H25BrN4O2. The van der Waals surface area contributed by atoms with Crippen LogP contribution in [0.2, 0.25) is 0 Å². The largest absolute Gasteiger partial charge is 0.497 e. The van der Waals surface area contributed by atoms with Gasteiger partial charge in [0.25, 0.3) is 0 Å². The summed E-state index contributed by atoms with van der Waals surface area (Å²) in [6, 6.07) is 20.6. The van der Waals surface area contributed by atoms with Crippen molar-refractivity contribution in [1.29, 1.82) is 0 Å². The summed E-state index contributed by atoms with van der Waals surface area (Å²) in [5.74, 6) is 1.58. The number of hydrogen-bond donors (Lipinski definition) is 0. The van der Waals surface area contributed by atoms with Crippen LogP contribution in [0.15, 0.2) is 71.5 Å². The predicted molar refractivity (Wildman–Crippen MR) is 145 cm³/mol. The molecule has 0 aliphatic heterocycles. The molecule has 3 heterocycles. The summed E-state index contributed by atoms with van der Waals surface area (Å²) in [7, 11) is 3.38. The minimum atomic E-state index is 0.593. The van der Waals surface area contributed by atoms with Gasteiger partial charge in [-0.15, -0.1) is 0 Å². The van der Waals surface area contributed by atoms with E-state index in [4.69, 9.17) is 19.6 Å². The lowest BCUT2D eigenvalue weighted by Gasteiger charge is -2.13. The molecular weight excluding hydrogens is 516 g/mol. The van der Waals surface area contributed by atoms with Crippen LogP contribution in [0.1, 0.15) is 23.1 Å². The Morgan fingerprint density at radius 3 is 2.56 bits per heavy atom. The molecule has 0 radical (unpaired) electrons. The van der Waals surface area contributed by atoms with E-state index in [9.17, 15) is 0 Å². The summed E-state index contributed by atoms with van der Waals surface area (Å²) < 4.78 is 14.0. The molecule has 0 saturated carbocycles. The van der Waals surface area contributed by atoms with Crippen LogP contribution in [0.5, 0.6) is 11.5 Å². The van der Waals surface area contributed by atoms with Gasteiger partial charge in [-0.2, -0.15) is 5.10 Å². The Balaban J connectivity index is 1.55. The van der Waals surface area contributed by atoms with Crippen molar-refractivity contribution in [3.8, 4) is 34.0 Å². The molecule has 0 bridgehead atoms. The van der Waals surface area contributed by atoms with Crippen molar-refractivity contribution in [1.82, 2.24) is 19.7 Å². The molecule has 0 unspecified atom stereocenters. The second-order valence-corrected chi connectivity index (χ2v) is 9.74. The van der Waals surface area contributed by atoms with E-state index in [1.165, 1.54) is 17.5 Å². The molecule has 3 aromatic heterocycles. The highest BCUT2D eigenvalue weighted by Crippen LogP contribution is 2.39. The molecule has 6 rings (SSSR count). The number of benzene rings is 2. The monoisotopic (exact) mass is 540 g/mol. The van der Waals surface area contributed by atoms with Crippen molar-refractivity contribution in [2.45, 2.75) is 25.8 Å². The van der Waals surface area contributed by atoms with Gasteiger partial charge in [-0.05, 0) is 76.1 Å². The first-order chi connectivity index (χ1) is 17.6. The van der Waals surface area contributed by atoms with Crippen molar-refractivity contribution < 1.29 is 9.47 Å². The average molecular weight is 541 g/mol. The van der Waals surface area contributed by atoms with E-state index in [1.807, 2.05) is 35.1 Å². The predicted octanol–water partition coefficient (Wildman–Crippen LogP) is 6.48. The fourth-order valence-corrected chi connectivity index (χ4v) is 5.24. The quantitative estimate of drug-likeness (QED) is 0.231. The van der Waals surface area contributed by atoms with Gasteiger partial charge in [-0.1, -0.05) is 30.3 Å². The van der Waals surface area contributed by atoms with Crippen LogP contribution in [0, 0.1) is 0 Å². The number of ether oxygens (including phenoxy) is 2. The molecule has 1 aliphatic rings. The second-order valence-electron chi connectivity index (χ2n) is 8.93. The topological polar surface area (TPSA) is 62.1 Å². The number of nitrogens with zero attached hydrogens (tertiary/aromatic N) is 4. The third kappa shape index (κ3) is 4.03. The molecule has 36 heavy (non-hydrogen) atoms. The first-order valence-electron chi connectivity index (χ1n) is 12.0. The van der Waals surface area contributed by atoms with Gasteiger partial charge in [0, 0.05) is 23.4 Å². The highest BCUT2D eigenvalue weighted by Gasteiger charge is 2.23. The van der Waals surface area contributed by atoms with Crippen LogP contribution < -0.4 is 9.47 Å². The van der Waals surface area contributed by atoms with Crippen LogP contribution in [-0.2, 0) is 19.4 Å². The molecule has 1 aliphatic carbocycles. The molecule has 5 aromatic rings. The van der Waals surface area contributed by atoms with Crippen molar-refractivity contribution in [2.75, 3.05) is 14.2 Å². The van der Waals surface area contributed by atoms with Crippen molar-refractivity contribution in [2.24, 2.45) is 0 Å². The maximum Gasteiger partial charge on any atom is 0.147 e. The Kier molecular flexibility index (Phi) is 5.93. The van der Waals surface area contributed by atoms with Crippen LogP contribution in [0.3, 0.4) is 0 Å². The normalized spacial score (nSPS) is 12.6. The maximum absolute atomic E-state index is 5.90. The first-order valence-corrected chi connectivity index (χ1v) is 12.8. The van der Waals surface area contributed by atoms with Gasteiger partial charge in [0.1, 0.15) is 33.0 Å². The molecule has 0 saturated heterocycles. The highest BCUT2D eigenvalue weighted by atomic mass is 79.9. The van der Waals surface area contributed by atoms with Gasteiger partial charge in [-0.25, -0.2) is 9.97 Å². The minimum absolute atomic E-state index is 0.593. The molecule has 0 atom stereocenters. The SMILES string of the molecule is COc1ccc(Cn2nc(-c3ccc(Br)nc3)c3nc(-c4cccc5c4CCC5)c(OC)cc32)cc1. The number of hydrogen-bond acceptors (Lipinski definition) is 5.